The number of carbonyl (C=O) groups excluding carboxylic acids is 1. The third-order valence-corrected chi connectivity index (χ3v) is 5.38. The van der Waals surface area contributed by atoms with Crippen LogP contribution >= 0.6 is 0 Å². The summed E-state index contributed by atoms with van der Waals surface area (Å²) in [6.45, 7) is 2.28. The van der Waals surface area contributed by atoms with Crippen LogP contribution in [0.25, 0.3) is 0 Å². The maximum atomic E-state index is 13.4. The summed E-state index contributed by atoms with van der Waals surface area (Å²) in [6.07, 6.45) is 3.55. The van der Waals surface area contributed by atoms with Gasteiger partial charge in [0.05, 0.1) is 6.20 Å². The molecule has 1 amide bonds. The summed E-state index contributed by atoms with van der Waals surface area (Å²) in [4.78, 5) is 18.9. The van der Waals surface area contributed by atoms with E-state index in [0.29, 0.717) is 36.8 Å². The van der Waals surface area contributed by atoms with Crippen LogP contribution in [0.3, 0.4) is 0 Å². The van der Waals surface area contributed by atoms with Crippen LogP contribution < -0.4 is 4.74 Å². The van der Waals surface area contributed by atoms with E-state index in [-0.39, 0.29) is 18.3 Å². The number of oxazole rings is 1. The number of likely N-dealkylation sites (tertiary alicyclic amines) is 1. The molecule has 1 atom stereocenters. The van der Waals surface area contributed by atoms with Crippen LogP contribution in [0, 0.1) is 11.6 Å². The molecule has 2 aromatic carbocycles. The van der Waals surface area contributed by atoms with Crippen molar-refractivity contribution < 1.29 is 22.7 Å². The van der Waals surface area contributed by atoms with Gasteiger partial charge in [-0.25, -0.2) is 13.8 Å². The van der Waals surface area contributed by atoms with Gasteiger partial charge < -0.3 is 14.1 Å². The molecule has 0 radical (unpaired) electrons. The molecule has 156 valence electrons. The lowest BCUT2D eigenvalue weighted by atomic mass is 9.99. The first-order chi connectivity index (χ1) is 14.4. The molecular weight excluding hydrogens is 390 g/mol. The summed E-state index contributed by atoms with van der Waals surface area (Å²) >= 11 is 0. The maximum Gasteiger partial charge on any atom is 0.261 e. The Labute approximate surface area is 173 Å². The molecule has 1 aromatic heterocycles. The molecule has 1 aliphatic rings. The second kappa shape index (κ2) is 8.26. The monoisotopic (exact) mass is 412 g/mol. The van der Waals surface area contributed by atoms with Gasteiger partial charge in [-0.1, -0.05) is 18.2 Å². The van der Waals surface area contributed by atoms with Gasteiger partial charge in [0.2, 0.25) is 5.89 Å². The number of benzene rings is 2. The van der Waals surface area contributed by atoms with Gasteiger partial charge in [-0.15, -0.1) is 0 Å². The Morgan fingerprint density at radius 2 is 1.97 bits per heavy atom. The highest BCUT2D eigenvalue weighted by molar-refractivity contribution is 5.79. The smallest absolute Gasteiger partial charge is 0.261 e. The third kappa shape index (κ3) is 4.20. The number of halogens is 2. The van der Waals surface area contributed by atoms with E-state index < -0.39 is 11.4 Å². The van der Waals surface area contributed by atoms with E-state index in [1.165, 1.54) is 30.3 Å². The van der Waals surface area contributed by atoms with Gasteiger partial charge in [0.15, 0.2) is 6.61 Å². The minimum atomic E-state index is -0.692. The average Bonchev–Trinajstić information content (AvgIpc) is 3.34. The molecule has 0 aliphatic carbocycles. The maximum absolute atomic E-state index is 13.4. The summed E-state index contributed by atoms with van der Waals surface area (Å²) in [5.41, 5.74) is 0.0912. The number of ether oxygens (including phenoxy) is 1. The molecule has 1 saturated heterocycles. The van der Waals surface area contributed by atoms with E-state index >= 15 is 0 Å². The largest absolute Gasteiger partial charge is 0.484 e. The molecule has 30 heavy (non-hydrogen) atoms. The number of hydrogen-bond acceptors (Lipinski definition) is 4. The van der Waals surface area contributed by atoms with Crippen molar-refractivity contribution in [1.29, 1.82) is 0 Å². The highest BCUT2D eigenvalue weighted by atomic mass is 19.1. The van der Waals surface area contributed by atoms with Crippen molar-refractivity contribution in [2.24, 2.45) is 0 Å². The quantitative estimate of drug-likeness (QED) is 0.600. The van der Waals surface area contributed by atoms with E-state index in [4.69, 9.17) is 9.15 Å². The zero-order valence-corrected chi connectivity index (χ0v) is 16.6. The Kier molecular flexibility index (Phi) is 5.53. The van der Waals surface area contributed by atoms with E-state index in [9.17, 15) is 13.6 Å². The molecule has 1 aliphatic heterocycles. The Morgan fingerprint density at radius 1 is 1.20 bits per heavy atom. The highest BCUT2D eigenvalue weighted by Gasteiger charge is 2.44. The molecule has 0 unspecified atom stereocenters. The second-order valence-corrected chi connectivity index (χ2v) is 7.61. The van der Waals surface area contributed by atoms with Crippen LogP contribution in [0.4, 0.5) is 8.78 Å². The zero-order valence-electron chi connectivity index (χ0n) is 16.6. The Bertz CT molecular complexity index is 1050. The molecule has 7 heteroatoms. The van der Waals surface area contributed by atoms with Crippen molar-refractivity contribution >= 4 is 5.91 Å². The minimum absolute atomic E-state index is 0.199. The minimum Gasteiger partial charge on any atom is -0.484 e. The highest BCUT2D eigenvalue weighted by Crippen LogP contribution is 2.38. The topological polar surface area (TPSA) is 55.6 Å². The molecule has 4 rings (SSSR count). The predicted molar refractivity (Wildman–Crippen MR) is 106 cm³/mol. The van der Waals surface area contributed by atoms with E-state index in [1.54, 1.807) is 23.2 Å². The van der Waals surface area contributed by atoms with Crippen LogP contribution in [0.5, 0.6) is 5.75 Å². The summed E-state index contributed by atoms with van der Waals surface area (Å²) < 4.78 is 38.1. The number of hydrogen-bond donors (Lipinski definition) is 0. The molecular formula is C23H22F2N2O3. The van der Waals surface area contributed by atoms with Crippen LogP contribution in [-0.2, 0) is 16.8 Å². The van der Waals surface area contributed by atoms with Gasteiger partial charge in [-0.05, 0) is 49.6 Å². The third-order valence-electron chi connectivity index (χ3n) is 5.38. The van der Waals surface area contributed by atoms with E-state index in [2.05, 4.69) is 4.98 Å². The first-order valence-corrected chi connectivity index (χ1v) is 9.82. The van der Waals surface area contributed by atoms with Crippen molar-refractivity contribution in [3.63, 3.8) is 0 Å². The van der Waals surface area contributed by atoms with E-state index in [1.807, 2.05) is 13.0 Å². The normalized spacial score (nSPS) is 18.6. The SMILES string of the molecule is C[C@@]1(c2ncc(Cc3cccc(F)c3)o2)CCCN1C(=O)COc1cccc(F)c1. The first kappa shape index (κ1) is 20.1. The van der Waals surface area contributed by atoms with Crippen molar-refractivity contribution in [2.75, 3.05) is 13.2 Å². The van der Waals surface area contributed by atoms with Crippen molar-refractivity contribution in [2.45, 2.75) is 31.7 Å². The number of rotatable bonds is 6. The fraction of sp³-hybridized carbons (Fsp3) is 0.304. The number of nitrogens with zero attached hydrogens (tertiary/aromatic N) is 2. The standard InChI is InChI=1S/C23H22F2N2O3/c1-23(22-26-14-20(30-22)12-16-5-2-6-17(24)11-16)9-4-10-27(23)21(28)15-29-19-8-3-7-18(25)13-19/h2-3,5-8,11,13-14H,4,9-10,12,15H2,1H3/t23-/m0/s1. The van der Waals surface area contributed by atoms with Crippen molar-refractivity contribution in [3.8, 4) is 5.75 Å². The van der Waals surface area contributed by atoms with Gasteiger partial charge in [-0.2, -0.15) is 0 Å². The summed E-state index contributed by atoms with van der Waals surface area (Å²) in [6, 6.07) is 12.0. The van der Waals surface area contributed by atoms with Crippen LogP contribution in [0.1, 0.15) is 37.0 Å². The number of amides is 1. The molecule has 0 spiro atoms. The Morgan fingerprint density at radius 3 is 2.73 bits per heavy atom. The summed E-state index contributed by atoms with van der Waals surface area (Å²) in [7, 11) is 0. The summed E-state index contributed by atoms with van der Waals surface area (Å²) in [5.74, 6) is 0.418. The van der Waals surface area contributed by atoms with Gasteiger partial charge >= 0.3 is 0 Å². The zero-order chi connectivity index (χ0) is 21.1. The number of aromatic nitrogens is 1. The van der Waals surface area contributed by atoms with Gasteiger partial charge in [-0.3, -0.25) is 4.79 Å². The van der Waals surface area contributed by atoms with Crippen molar-refractivity contribution in [1.82, 2.24) is 9.88 Å². The first-order valence-electron chi connectivity index (χ1n) is 9.82. The molecule has 1 fully saturated rings. The molecule has 2 heterocycles. The lowest BCUT2D eigenvalue weighted by Crippen LogP contribution is -2.45. The molecule has 0 bridgehead atoms. The van der Waals surface area contributed by atoms with E-state index in [0.717, 1.165) is 12.0 Å². The fourth-order valence-electron chi connectivity index (χ4n) is 3.85. The Balaban J connectivity index is 1.46. The Hall–Kier alpha value is -3.22. The predicted octanol–water partition coefficient (Wildman–Crippen LogP) is 4.46. The molecule has 0 saturated carbocycles. The van der Waals surface area contributed by atoms with Gasteiger partial charge in [0.25, 0.3) is 5.91 Å². The molecule has 3 aromatic rings. The van der Waals surface area contributed by atoms with Crippen LogP contribution in [-0.4, -0.2) is 28.9 Å². The molecule has 5 nitrogen and oxygen atoms in total. The molecule has 0 N–H and O–H groups in total. The van der Waals surface area contributed by atoms with Gasteiger partial charge in [0.1, 0.15) is 28.7 Å². The van der Waals surface area contributed by atoms with Crippen LogP contribution in [0.15, 0.2) is 59.1 Å². The second-order valence-electron chi connectivity index (χ2n) is 7.61. The fourth-order valence-corrected chi connectivity index (χ4v) is 3.85. The van der Waals surface area contributed by atoms with Gasteiger partial charge in [0, 0.05) is 19.0 Å². The lowest BCUT2D eigenvalue weighted by molar-refractivity contribution is -0.138. The summed E-state index contributed by atoms with van der Waals surface area (Å²) in [5, 5.41) is 0. The van der Waals surface area contributed by atoms with Crippen LogP contribution in [0.2, 0.25) is 0 Å². The average molecular weight is 412 g/mol. The van der Waals surface area contributed by atoms with Crippen molar-refractivity contribution in [3.05, 3.63) is 83.6 Å². The number of carbonyl (C=O) groups is 1. The lowest BCUT2D eigenvalue weighted by Gasteiger charge is -2.32.